The van der Waals surface area contributed by atoms with Crippen molar-refractivity contribution >= 4 is 0 Å². The largest absolute Gasteiger partial charge is 0.394 e. The van der Waals surface area contributed by atoms with E-state index in [-0.39, 0.29) is 46.0 Å². The molecule has 11 rings (SSSR count). The van der Waals surface area contributed by atoms with Crippen LogP contribution in [0.2, 0.25) is 0 Å². The van der Waals surface area contributed by atoms with Gasteiger partial charge in [0.15, 0.2) is 37.2 Å². The Morgan fingerprint density at radius 1 is 0.570 bits per heavy atom. The van der Waals surface area contributed by atoms with Gasteiger partial charge in [-0.3, -0.25) is 0 Å². The average Bonchev–Trinajstić information content (AvgIpc) is 1.45. The summed E-state index contributed by atoms with van der Waals surface area (Å²) in [6.07, 6.45) is -34.9. The van der Waals surface area contributed by atoms with Crippen LogP contribution in [-0.4, -0.2) is 281 Å². The van der Waals surface area contributed by atoms with Crippen molar-refractivity contribution < 1.29 is 133 Å². The van der Waals surface area contributed by atoms with E-state index in [9.17, 15) is 76.6 Å². The molecule has 0 unspecified atom stereocenters. The second-order valence-corrected chi connectivity index (χ2v) is 28.6. The quantitative estimate of drug-likeness (QED) is 0.0597. The topological polar surface area (TPSA) is 414 Å². The predicted molar refractivity (Wildman–Crippen MR) is 289 cm³/mol. The molecule has 0 aromatic heterocycles. The summed E-state index contributed by atoms with van der Waals surface area (Å²) in [5, 5.41) is 165. The maximum atomic E-state index is 12.4. The first-order valence-electron chi connectivity index (χ1n) is 30.9. The lowest BCUT2D eigenvalue weighted by atomic mass is 9.35. The van der Waals surface area contributed by atoms with Crippen molar-refractivity contribution in [2.75, 3.05) is 33.0 Å². The molecule has 4 saturated carbocycles. The summed E-state index contributed by atoms with van der Waals surface area (Å²) in [5.41, 5.74) is -1.06. The predicted octanol–water partition coefficient (Wildman–Crippen LogP) is -3.36. The number of aliphatic hydroxyl groups is 15. The van der Waals surface area contributed by atoms with Gasteiger partial charge in [0, 0.05) is 24.2 Å². The van der Waals surface area contributed by atoms with Gasteiger partial charge in [0.25, 0.3) is 0 Å². The lowest BCUT2D eigenvalue weighted by Crippen LogP contribution is -2.68. The van der Waals surface area contributed by atoms with Crippen LogP contribution >= 0.6 is 0 Å². The van der Waals surface area contributed by atoms with Crippen molar-refractivity contribution in [2.24, 2.45) is 45.3 Å². The molecule has 11 fully saturated rings. The molecular formula is C59H96O27. The summed E-state index contributed by atoms with van der Waals surface area (Å²) in [6, 6.07) is 0. The van der Waals surface area contributed by atoms with E-state index in [1.807, 2.05) is 20.8 Å². The number of hydrogen-bond donors (Lipinski definition) is 15. The number of rotatable bonds is 14. The molecule has 0 aromatic rings. The minimum Gasteiger partial charge on any atom is -0.394 e. The van der Waals surface area contributed by atoms with Crippen LogP contribution < -0.4 is 0 Å². The second-order valence-electron chi connectivity index (χ2n) is 28.6. The number of allylic oxidation sites excluding steroid dienone is 1. The van der Waals surface area contributed by atoms with Gasteiger partial charge in [0.1, 0.15) is 110 Å². The van der Waals surface area contributed by atoms with E-state index in [4.69, 9.17) is 56.8 Å². The molecule has 15 N–H and O–H groups in total. The summed E-state index contributed by atoms with van der Waals surface area (Å²) >= 11 is 0. The van der Waals surface area contributed by atoms with E-state index >= 15 is 0 Å². The zero-order valence-corrected chi connectivity index (χ0v) is 50.2. The summed E-state index contributed by atoms with van der Waals surface area (Å²) in [4.78, 5) is 0. The molecule has 7 heterocycles. The SMILES string of the molecule is CC(C)=C[C@@H]1C[C@@](C)(O)[C@@H]2[C@H]3CC[C@@H]4[C@]5(C)CC[C@@H](O[C@@H]6OC[C@@H](O)[C@H](O[C@@H]7O[C@H](CO[C@@H]8O[C@H](CO)[C@H](O)[C@H](O)[C@H]8O)[C@@H](O)[C@H](O)[C@H]7O[C@@H]7O[C@H](CO)[C@H](O)[C@@H](O)[C@@H]7O)[C@H]6O[C@H]6O[C@H](C)[C@H](O)[C@H](O)[C@H]6O)C(C)(C)[C@@H]5CC[C@@]4(C)[C@]34CO[C@]2(C4)O1. The molecule has 27 nitrogen and oxygen atoms in total. The molecule has 0 aromatic carbocycles. The fourth-order valence-electron chi connectivity index (χ4n) is 18.6. The second kappa shape index (κ2) is 24.2. The molecule has 2 spiro atoms. The smallest absolute Gasteiger partial charge is 0.187 e. The van der Waals surface area contributed by atoms with Gasteiger partial charge in [0.05, 0.1) is 56.9 Å². The standard InChI is InChI=1S/C59H96O27/c1-23(2)15-25-16-57(8,74)48-26-9-10-32-55(6)13-12-33(54(4,5)31(55)11-14-56(32,7)58(26)21-59(48,86-25)77-22-58)82-52-47(85-50-43(72)38(67)34(63)24(3)78-50)45(27(62)19-75-52)83-53-46(84-51-44(73)40(69)36(65)29(18-61)80-51)41(70)37(66)30(81-53)20-76-49-42(71)39(68)35(64)28(17-60)79-49/h15,24-53,60-74H,9-14,16-22H2,1-8H3/t24-,25-,26-,27-,28-,29-,30-,31+,32-,33-,34+,35+,36+,37-,38+,39+,40-,41+,42-,43-,44+,45+,46-,47-,48+,49-,50-,51+,52+,53+,55-,56-,57-,58-,59-/m1/s1. The molecule has 0 radical (unpaired) electrons. The number of aliphatic hydroxyl groups excluding tert-OH is 14. The fraction of sp³-hybridized carbons (Fsp3) is 0.966. The first-order valence-corrected chi connectivity index (χ1v) is 30.9. The van der Waals surface area contributed by atoms with Gasteiger partial charge >= 0.3 is 0 Å². The molecule has 11 aliphatic rings. The van der Waals surface area contributed by atoms with Crippen molar-refractivity contribution in [3.63, 3.8) is 0 Å². The Hall–Kier alpha value is -1.34. The normalized spacial score (nSPS) is 56.9. The third kappa shape index (κ3) is 10.8. The maximum absolute atomic E-state index is 12.4. The highest BCUT2D eigenvalue weighted by Gasteiger charge is 2.81. The van der Waals surface area contributed by atoms with Crippen molar-refractivity contribution in [2.45, 2.75) is 278 Å². The first kappa shape index (κ1) is 66.1. The zero-order chi connectivity index (χ0) is 62.3. The minimum absolute atomic E-state index is 0.0914. The van der Waals surface area contributed by atoms with E-state index < -0.39 is 197 Å². The molecule has 27 heteroatoms. The molecule has 4 aliphatic carbocycles. The molecule has 494 valence electrons. The van der Waals surface area contributed by atoms with Crippen LogP contribution in [0.3, 0.4) is 0 Å². The highest BCUT2D eigenvalue weighted by atomic mass is 16.8. The molecule has 2 bridgehead atoms. The molecule has 7 saturated heterocycles. The average molecular weight is 1240 g/mol. The van der Waals surface area contributed by atoms with Crippen LogP contribution in [0.1, 0.15) is 107 Å². The third-order valence-corrected chi connectivity index (χ3v) is 22.9. The van der Waals surface area contributed by atoms with Gasteiger partial charge < -0.3 is 133 Å². The van der Waals surface area contributed by atoms with Gasteiger partial charge in [-0.05, 0) is 100 Å². The summed E-state index contributed by atoms with van der Waals surface area (Å²) in [6.45, 7) is 14.3. The van der Waals surface area contributed by atoms with E-state index in [1.54, 1.807) is 0 Å². The fourth-order valence-corrected chi connectivity index (χ4v) is 18.6. The van der Waals surface area contributed by atoms with E-state index in [1.165, 1.54) is 6.92 Å². The molecule has 7 aliphatic heterocycles. The Kier molecular flexibility index (Phi) is 18.6. The molecular weight excluding hydrogens is 1140 g/mol. The maximum Gasteiger partial charge on any atom is 0.187 e. The van der Waals surface area contributed by atoms with Gasteiger partial charge in [-0.15, -0.1) is 0 Å². The van der Waals surface area contributed by atoms with Crippen LogP contribution in [0.5, 0.6) is 0 Å². The number of hydrogen-bond acceptors (Lipinski definition) is 27. The first-order chi connectivity index (χ1) is 40.4. The van der Waals surface area contributed by atoms with Crippen LogP contribution in [0, 0.1) is 45.3 Å². The van der Waals surface area contributed by atoms with Gasteiger partial charge in [-0.2, -0.15) is 0 Å². The minimum atomic E-state index is -2.11. The van der Waals surface area contributed by atoms with E-state index in [0.717, 1.165) is 37.7 Å². The van der Waals surface area contributed by atoms with Crippen molar-refractivity contribution in [1.29, 1.82) is 0 Å². The van der Waals surface area contributed by atoms with Crippen molar-refractivity contribution in [3.8, 4) is 0 Å². The van der Waals surface area contributed by atoms with Crippen LogP contribution in [0.15, 0.2) is 11.6 Å². The zero-order valence-electron chi connectivity index (χ0n) is 50.2. The van der Waals surface area contributed by atoms with Gasteiger partial charge in [-0.25, -0.2) is 0 Å². The Bertz CT molecular complexity index is 2380. The third-order valence-electron chi connectivity index (χ3n) is 22.9. The summed E-state index contributed by atoms with van der Waals surface area (Å²) in [7, 11) is 0. The van der Waals surface area contributed by atoms with E-state index in [0.29, 0.717) is 25.9 Å². The van der Waals surface area contributed by atoms with Gasteiger partial charge in [0.2, 0.25) is 0 Å². The molecule has 0 amide bonds. The Labute approximate surface area is 499 Å². The Balaban J connectivity index is 0.877. The van der Waals surface area contributed by atoms with Crippen molar-refractivity contribution in [3.05, 3.63) is 11.6 Å². The molecule has 86 heavy (non-hydrogen) atoms. The van der Waals surface area contributed by atoms with E-state index in [2.05, 4.69) is 33.8 Å². The van der Waals surface area contributed by atoms with Gasteiger partial charge in [-0.1, -0.05) is 39.3 Å². The Morgan fingerprint density at radius 3 is 1.80 bits per heavy atom. The van der Waals surface area contributed by atoms with Crippen LogP contribution in [-0.2, 0) is 56.8 Å². The molecule has 35 atom stereocenters. The monoisotopic (exact) mass is 1240 g/mol. The number of fused-ring (bicyclic) bond motifs is 4. The van der Waals surface area contributed by atoms with Crippen LogP contribution in [0.4, 0.5) is 0 Å². The Morgan fingerprint density at radius 2 is 1.15 bits per heavy atom. The summed E-state index contributed by atoms with van der Waals surface area (Å²) < 4.78 is 75.6. The lowest BCUT2D eigenvalue weighted by molar-refractivity contribution is -0.403. The van der Waals surface area contributed by atoms with Crippen molar-refractivity contribution in [1.82, 2.24) is 0 Å². The highest BCUT2D eigenvalue weighted by Crippen LogP contribution is 2.80. The van der Waals surface area contributed by atoms with Crippen LogP contribution in [0.25, 0.3) is 0 Å². The summed E-state index contributed by atoms with van der Waals surface area (Å²) in [5.74, 6) is -0.503. The highest BCUT2D eigenvalue weighted by molar-refractivity contribution is 5.27. The lowest BCUT2D eigenvalue weighted by Gasteiger charge is -2.70. The number of ether oxygens (including phenoxy) is 12.